The van der Waals surface area contributed by atoms with Crippen LogP contribution in [0.25, 0.3) is 11.3 Å². The summed E-state index contributed by atoms with van der Waals surface area (Å²) in [5, 5.41) is 3.42. The summed E-state index contributed by atoms with van der Waals surface area (Å²) < 4.78 is 13.2. The van der Waals surface area contributed by atoms with Crippen molar-refractivity contribution >= 4 is 29.0 Å². The van der Waals surface area contributed by atoms with Gasteiger partial charge in [-0.3, -0.25) is 4.79 Å². The standard InChI is InChI=1S/C24H18ClFN4O/c25-17-8-6-15(7-9-17)20-14-28-23(27)22(30-20)21(16-4-2-1-3-5-16)24(31)29-19-12-10-18(26)11-13-19/h1-14,21H,(H2,27,28)(H,29,31)/t21-/m1/s1. The quantitative estimate of drug-likeness (QED) is 0.449. The maximum Gasteiger partial charge on any atom is 0.238 e. The van der Waals surface area contributed by atoms with E-state index in [9.17, 15) is 9.18 Å². The first-order valence-electron chi connectivity index (χ1n) is 9.51. The highest BCUT2D eigenvalue weighted by Gasteiger charge is 2.27. The molecule has 0 spiro atoms. The molecule has 7 heteroatoms. The van der Waals surface area contributed by atoms with E-state index in [0.29, 0.717) is 27.7 Å². The van der Waals surface area contributed by atoms with Gasteiger partial charge in [0.1, 0.15) is 23.2 Å². The van der Waals surface area contributed by atoms with Crippen LogP contribution in [0.3, 0.4) is 0 Å². The van der Waals surface area contributed by atoms with Crippen LogP contribution in [0.15, 0.2) is 85.1 Å². The van der Waals surface area contributed by atoms with E-state index >= 15 is 0 Å². The summed E-state index contributed by atoms with van der Waals surface area (Å²) in [7, 11) is 0. The van der Waals surface area contributed by atoms with E-state index in [1.165, 1.54) is 24.3 Å². The molecule has 3 N–H and O–H groups in total. The van der Waals surface area contributed by atoms with Crippen molar-refractivity contribution in [3.05, 3.63) is 107 Å². The van der Waals surface area contributed by atoms with Crippen molar-refractivity contribution < 1.29 is 9.18 Å². The Morgan fingerprint density at radius 3 is 2.32 bits per heavy atom. The number of nitrogens with two attached hydrogens (primary N) is 1. The van der Waals surface area contributed by atoms with Gasteiger partial charge in [-0.25, -0.2) is 14.4 Å². The topological polar surface area (TPSA) is 80.9 Å². The molecule has 1 heterocycles. The Hall–Kier alpha value is -3.77. The molecule has 0 fully saturated rings. The van der Waals surface area contributed by atoms with Gasteiger partial charge < -0.3 is 11.1 Å². The number of rotatable bonds is 5. The van der Waals surface area contributed by atoms with Gasteiger partial charge in [0.2, 0.25) is 5.91 Å². The van der Waals surface area contributed by atoms with Gasteiger partial charge in [0.05, 0.1) is 11.9 Å². The molecule has 0 radical (unpaired) electrons. The van der Waals surface area contributed by atoms with Crippen molar-refractivity contribution in [1.82, 2.24) is 9.97 Å². The minimum absolute atomic E-state index is 0.154. The average Bonchev–Trinajstić information content (AvgIpc) is 2.78. The van der Waals surface area contributed by atoms with Crippen molar-refractivity contribution in [2.24, 2.45) is 0 Å². The number of hydrogen-bond acceptors (Lipinski definition) is 4. The first kappa shape index (κ1) is 20.5. The lowest BCUT2D eigenvalue weighted by molar-refractivity contribution is -0.116. The molecule has 0 aliphatic carbocycles. The molecule has 0 bridgehead atoms. The van der Waals surface area contributed by atoms with Gasteiger partial charge >= 0.3 is 0 Å². The number of anilines is 2. The summed E-state index contributed by atoms with van der Waals surface area (Å²) in [6.45, 7) is 0. The van der Waals surface area contributed by atoms with Gasteiger partial charge in [-0.1, -0.05) is 54.1 Å². The van der Waals surface area contributed by atoms with E-state index in [0.717, 1.165) is 5.56 Å². The summed E-state index contributed by atoms with van der Waals surface area (Å²) in [6, 6.07) is 21.9. The molecule has 4 aromatic rings. The second kappa shape index (κ2) is 8.93. The normalized spacial score (nSPS) is 11.7. The molecule has 5 nitrogen and oxygen atoms in total. The highest BCUT2D eigenvalue weighted by Crippen LogP contribution is 2.30. The van der Waals surface area contributed by atoms with Crippen LogP contribution >= 0.6 is 11.6 Å². The van der Waals surface area contributed by atoms with Gasteiger partial charge in [0, 0.05) is 16.3 Å². The first-order chi connectivity index (χ1) is 15.0. The zero-order chi connectivity index (χ0) is 21.8. The Morgan fingerprint density at radius 1 is 0.968 bits per heavy atom. The van der Waals surface area contributed by atoms with Crippen LogP contribution in [0.4, 0.5) is 15.9 Å². The van der Waals surface area contributed by atoms with Crippen molar-refractivity contribution in [3.63, 3.8) is 0 Å². The Kier molecular flexibility index (Phi) is 5.91. The van der Waals surface area contributed by atoms with E-state index in [1.807, 2.05) is 42.5 Å². The minimum Gasteiger partial charge on any atom is -0.382 e. The number of nitrogen functional groups attached to an aromatic ring is 1. The summed E-state index contributed by atoms with van der Waals surface area (Å²) in [4.78, 5) is 22.2. The Balaban J connectivity index is 1.76. The molecular weight excluding hydrogens is 415 g/mol. The lowest BCUT2D eigenvalue weighted by Gasteiger charge is -2.19. The smallest absolute Gasteiger partial charge is 0.238 e. The molecule has 1 amide bonds. The number of halogens is 2. The molecule has 1 atom stereocenters. The van der Waals surface area contributed by atoms with Crippen LogP contribution < -0.4 is 11.1 Å². The van der Waals surface area contributed by atoms with E-state index in [2.05, 4.69) is 15.3 Å². The molecule has 0 aliphatic rings. The fourth-order valence-electron chi connectivity index (χ4n) is 3.21. The van der Waals surface area contributed by atoms with Gasteiger partial charge in [-0.05, 0) is 42.0 Å². The fourth-order valence-corrected chi connectivity index (χ4v) is 3.34. The first-order valence-corrected chi connectivity index (χ1v) is 9.89. The summed E-state index contributed by atoms with van der Waals surface area (Å²) in [6.07, 6.45) is 1.56. The van der Waals surface area contributed by atoms with Gasteiger partial charge in [-0.2, -0.15) is 0 Å². The molecule has 0 aliphatic heterocycles. The van der Waals surface area contributed by atoms with E-state index in [-0.39, 0.29) is 17.5 Å². The van der Waals surface area contributed by atoms with Gasteiger partial charge in [0.25, 0.3) is 0 Å². The molecule has 31 heavy (non-hydrogen) atoms. The Morgan fingerprint density at radius 2 is 1.65 bits per heavy atom. The lowest BCUT2D eigenvalue weighted by Crippen LogP contribution is -2.24. The van der Waals surface area contributed by atoms with Crippen LogP contribution in [0.2, 0.25) is 5.02 Å². The Bertz CT molecular complexity index is 1200. The van der Waals surface area contributed by atoms with Crippen molar-refractivity contribution in [1.29, 1.82) is 0 Å². The van der Waals surface area contributed by atoms with Crippen LogP contribution in [-0.4, -0.2) is 15.9 Å². The number of nitrogens with zero attached hydrogens (tertiary/aromatic N) is 2. The predicted molar refractivity (Wildman–Crippen MR) is 120 cm³/mol. The number of hydrogen-bond donors (Lipinski definition) is 2. The minimum atomic E-state index is -0.814. The largest absolute Gasteiger partial charge is 0.382 e. The fraction of sp³-hybridized carbons (Fsp3) is 0.0417. The summed E-state index contributed by atoms with van der Waals surface area (Å²) in [5.74, 6) is -1.40. The number of amides is 1. The third-order valence-electron chi connectivity index (χ3n) is 4.75. The number of aromatic nitrogens is 2. The third kappa shape index (κ3) is 4.70. The SMILES string of the molecule is Nc1ncc(-c2ccc(Cl)cc2)nc1[C@H](C(=O)Nc1ccc(F)cc1)c1ccccc1. The third-order valence-corrected chi connectivity index (χ3v) is 5.00. The van der Waals surface area contributed by atoms with Crippen LogP contribution in [0.5, 0.6) is 0 Å². The molecule has 0 saturated carbocycles. The zero-order valence-electron chi connectivity index (χ0n) is 16.3. The maximum absolute atomic E-state index is 13.3. The van der Waals surface area contributed by atoms with E-state index < -0.39 is 5.92 Å². The van der Waals surface area contributed by atoms with Crippen LogP contribution in [0, 0.1) is 5.82 Å². The van der Waals surface area contributed by atoms with Crippen molar-refractivity contribution in [3.8, 4) is 11.3 Å². The number of benzene rings is 3. The zero-order valence-corrected chi connectivity index (χ0v) is 17.1. The monoisotopic (exact) mass is 432 g/mol. The molecule has 3 aromatic carbocycles. The number of carbonyl (C=O) groups is 1. The van der Waals surface area contributed by atoms with Crippen LogP contribution in [0.1, 0.15) is 17.2 Å². The lowest BCUT2D eigenvalue weighted by atomic mass is 9.94. The number of nitrogens with one attached hydrogen (secondary N) is 1. The van der Waals surface area contributed by atoms with Crippen LogP contribution in [-0.2, 0) is 4.79 Å². The highest BCUT2D eigenvalue weighted by atomic mass is 35.5. The molecular formula is C24H18ClFN4O. The van der Waals surface area contributed by atoms with Crippen molar-refractivity contribution in [2.75, 3.05) is 11.1 Å². The van der Waals surface area contributed by atoms with E-state index in [4.69, 9.17) is 17.3 Å². The Labute approximate surface area is 183 Å². The molecule has 4 rings (SSSR count). The second-order valence-corrected chi connectivity index (χ2v) is 7.31. The molecule has 0 saturated heterocycles. The molecule has 0 unspecified atom stereocenters. The summed E-state index contributed by atoms with van der Waals surface area (Å²) in [5.41, 5.74) is 9.02. The number of carbonyl (C=O) groups excluding carboxylic acids is 1. The van der Waals surface area contributed by atoms with Gasteiger partial charge in [0.15, 0.2) is 0 Å². The summed E-state index contributed by atoms with van der Waals surface area (Å²) >= 11 is 5.98. The molecule has 154 valence electrons. The predicted octanol–water partition coefficient (Wildman–Crippen LogP) is 5.29. The highest BCUT2D eigenvalue weighted by molar-refractivity contribution is 6.30. The maximum atomic E-state index is 13.3. The van der Waals surface area contributed by atoms with Gasteiger partial charge in [-0.15, -0.1) is 0 Å². The molecule has 1 aromatic heterocycles. The average molecular weight is 433 g/mol. The van der Waals surface area contributed by atoms with Crippen molar-refractivity contribution in [2.45, 2.75) is 5.92 Å². The van der Waals surface area contributed by atoms with E-state index in [1.54, 1.807) is 18.3 Å². The second-order valence-electron chi connectivity index (χ2n) is 6.87.